The molecule has 0 amide bonds. The average Bonchev–Trinajstić information content (AvgIpc) is 3.21. The molecule has 0 spiro atoms. The van der Waals surface area contributed by atoms with Gasteiger partial charge in [0.15, 0.2) is 0 Å². The summed E-state index contributed by atoms with van der Waals surface area (Å²) in [5.41, 5.74) is -0.901. The molecule has 0 aliphatic carbocycles. The van der Waals surface area contributed by atoms with E-state index in [9.17, 15) is 21.6 Å². The Morgan fingerprint density at radius 2 is 1.76 bits per heavy atom. The minimum Gasteiger partial charge on any atom is -0.439 e. The number of aryl methyl sites for hydroxylation is 1. The van der Waals surface area contributed by atoms with Crippen molar-refractivity contribution in [2.45, 2.75) is 18.0 Å². The van der Waals surface area contributed by atoms with Gasteiger partial charge in [0, 0.05) is 24.1 Å². The third-order valence-corrected chi connectivity index (χ3v) is 5.88. The van der Waals surface area contributed by atoms with Crippen molar-refractivity contribution < 1.29 is 26.3 Å². The van der Waals surface area contributed by atoms with Crippen LogP contribution >= 0.6 is 0 Å². The van der Waals surface area contributed by atoms with Gasteiger partial charge in [-0.3, -0.25) is 9.29 Å². The molecular formula is C21H16F3N5O3S. The standard InChI is InChI=1S/C21H16F3N5O3S/c1-14-25-9-10-29(14)19-12-20(27-13-26-19)32-17-7-5-16(6-8-17)28-33(30,31)18-4-2-3-15(11-18)21(22,23)24/h2-13,28H,1H3. The lowest BCUT2D eigenvalue weighted by Gasteiger charge is -2.12. The number of ether oxygens (including phenoxy) is 1. The van der Waals surface area contributed by atoms with Gasteiger partial charge in [0.25, 0.3) is 10.0 Å². The number of nitrogens with one attached hydrogen (secondary N) is 1. The maximum absolute atomic E-state index is 12.9. The Morgan fingerprint density at radius 1 is 1.00 bits per heavy atom. The maximum Gasteiger partial charge on any atom is 0.416 e. The smallest absolute Gasteiger partial charge is 0.416 e. The molecule has 0 saturated carbocycles. The van der Waals surface area contributed by atoms with E-state index in [-0.39, 0.29) is 11.6 Å². The first-order valence-corrected chi connectivity index (χ1v) is 10.9. The Bertz CT molecular complexity index is 1390. The van der Waals surface area contributed by atoms with Crippen LogP contribution in [-0.4, -0.2) is 27.9 Å². The van der Waals surface area contributed by atoms with Crippen LogP contribution in [0.5, 0.6) is 11.6 Å². The molecule has 33 heavy (non-hydrogen) atoms. The molecule has 2 aromatic carbocycles. The fourth-order valence-corrected chi connectivity index (χ4v) is 4.01. The highest BCUT2D eigenvalue weighted by Crippen LogP contribution is 2.31. The van der Waals surface area contributed by atoms with Crippen molar-refractivity contribution in [1.82, 2.24) is 19.5 Å². The lowest BCUT2D eigenvalue weighted by Crippen LogP contribution is -2.14. The minimum atomic E-state index is -4.65. The van der Waals surface area contributed by atoms with Gasteiger partial charge in [-0.2, -0.15) is 13.2 Å². The second-order valence-corrected chi connectivity index (χ2v) is 8.50. The van der Waals surface area contributed by atoms with E-state index in [0.717, 1.165) is 24.0 Å². The van der Waals surface area contributed by atoms with Gasteiger partial charge in [0.2, 0.25) is 5.88 Å². The van der Waals surface area contributed by atoms with Crippen LogP contribution in [0.2, 0.25) is 0 Å². The number of aromatic nitrogens is 4. The molecule has 12 heteroatoms. The lowest BCUT2D eigenvalue weighted by atomic mass is 10.2. The highest BCUT2D eigenvalue weighted by atomic mass is 32.2. The molecule has 2 aromatic heterocycles. The third-order valence-electron chi connectivity index (χ3n) is 4.50. The van der Waals surface area contributed by atoms with E-state index in [0.29, 0.717) is 17.6 Å². The summed E-state index contributed by atoms with van der Waals surface area (Å²) in [6, 6.07) is 10.9. The first-order chi connectivity index (χ1) is 15.6. The fourth-order valence-electron chi connectivity index (χ4n) is 2.90. The molecule has 0 aliphatic rings. The first kappa shape index (κ1) is 22.3. The van der Waals surface area contributed by atoms with E-state index in [4.69, 9.17) is 4.74 Å². The Morgan fingerprint density at radius 3 is 2.42 bits per heavy atom. The molecule has 1 N–H and O–H groups in total. The van der Waals surface area contributed by atoms with Gasteiger partial charge in [0.1, 0.15) is 23.7 Å². The summed E-state index contributed by atoms with van der Waals surface area (Å²) >= 11 is 0. The van der Waals surface area contributed by atoms with Gasteiger partial charge in [-0.05, 0) is 49.4 Å². The summed E-state index contributed by atoms with van der Waals surface area (Å²) in [6.07, 6.45) is 0.0630. The Balaban J connectivity index is 1.49. The molecule has 0 saturated heterocycles. The second kappa shape index (κ2) is 8.54. The van der Waals surface area contributed by atoms with Gasteiger partial charge in [-0.25, -0.2) is 23.4 Å². The van der Waals surface area contributed by atoms with E-state index in [1.807, 2.05) is 6.92 Å². The number of benzene rings is 2. The molecule has 8 nitrogen and oxygen atoms in total. The van der Waals surface area contributed by atoms with Crippen LogP contribution < -0.4 is 9.46 Å². The Labute approximate surface area is 186 Å². The SMILES string of the molecule is Cc1nccn1-c1cc(Oc2ccc(NS(=O)(=O)c3cccc(C(F)(F)F)c3)cc2)ncn1. The van der Waals surface area contributed by atoms with Gasteiger partial charge in [0.05, 0.1) is 10.5 Å². The van der Waals surface area contributed by atoms with Crippen LogP contribution in [0, 0.1) is 6.92 Å². The lowest BCUT2D eigenvalue weighted by molar-refractivity contribution is -0.137. The highest BCUT2D eigenvalue weighted by molar-refractivity contribution is 7.92. The number of nitrogens with zero attached hydrogens (tertiary/aromatic N) is 4. The molecule has 0 unspecified atom stereocenters. The zero-order valence-electron chi connectivity index (χ0n) is 17.0. The summed E-state index contributed by atoms with van der Waals surface area (Å²) < 4.78 is 73.4. The van der Waals surface area contributed by atoms with Crippen LogP contribution in [0.1, 0.15) is 11.4 Å². The van der Waals surface area contributed by atoms with Crippen molar-refractivity contribution in [2.75, 3.05) is 4.72 Å². The van der Waals surface area contributed by atoms with E-state index >= 15 is 0 Å². The molecule has 0 aliphatic heterocycles. The van der Waals surface area contributed by atoms with Crippen molar-refractivity contribution in [1.29, 1.82) is 0 Å². The molecule has 0 atom stereocenters. The fraction of sp³-hybridized carbons (Fsp3) is 0.0952. The van der Waals surface area contributed by atoms with Gasteiger partial charge in [-0.1, -0.05) is 6.07 Å². The van der Waals surface area contributed by atoms with E-state index < -0.39 is 26.7 Å². The number of hydrogen-bond donors (Lipinski definition) is 1. The van der Waals surface area contributed by atoms with Crippen molar-refractivity contribution in [2.24, 2.45) is 0 Å². The van der Waals surface area contributed by atoms with Gasteiger partial charge >= 0.3 is 6.18 Å². The van der Waals surface area contributed by atoms with Crippen molar-refractivity contribution in [3.05, 3.63) is 84.7 Å². The van der Waals surface area contributed by atoms with E-state index in [1.54, 1.807) is 23.0 Å². The van der Waals surface area contributed by atoms with Crippen LogP contribution in [0.25, 0.3) is 5.82 Å². The summed E-state index contributed by atoms with van der Waals surface area (Å²) in [6.45, 7) is 1.82. The maximum atomic E-state index is 12.9. The normalized spacial score (nSPS) is 11.9. The number of hydrogen-bond acceptors (Lipinski definition) is 6. The molecule has 4 aromatic rings. The van der Waals surface area contributed by atoms with Crippen molar-refractivity contribution in [3.8, 4) is 17.4 Å². The molecular weight excluding hydrogens is 459 g/mol. The number of sulfonamides is 1. The van der Waals surface area contributed by atoms with E-state index in [2.05, 4.69) is 19.7 Å². The van der Waals surface area contributed by atoms with Crippen molar-refractivity contribution >= 4 is 15.7 Å². The predicted octanol–water partition coefficient (Wildman–Crippen LogP) is 4.58. The topological polar surface area (TPSA) is 99.0 Å². The van der Waals surface area contributed by atoms with Crippen LogP contribution in [-0.2, 0) is 16.2 Å². The predicted molar refractivity (Wildman–Crippen MR) is 113 cm³/mol. The highest BCUT2D eigenvalue weighted by Gasteiger charge is 2.31. The summed E-state index contributed by atoms with van der Waals surface area (Å²) in [7, 11) is -4.22. The summed E-state index contributed by atoms with van der Waals surface area (Å²) in [5.74, 6) is 1.91. The number of anilines is 1. The van der Waals surface area contributed by atoms with Crippen molar-refractivity contribution in [3.63, 3.8) is 0 Å². The zero-order valence-corrected chi connectivity index (χ0v) is 17.8. The van der Waals surface area contributed by atoms with E-state index in [1.165, 1.54) is 30.6 Å². The van der Waals surface area contributed by atoms with Crippen LogP contribution in [0.3, 0.4) is 0 Å². The molecule has 2 heterocycles. The Kier molecular flexibility index (Phi) is 5.77. The van der Waals surface area contributed by atoms with Crippen LogP contribution in [0.4, 0.5) is 18.9 Å². The molecule has 170 valence electrons. The summed E-state index contributed by atoms with van der Waals surface area (Å²) in [4.78, 5) is 11.9. The first-order valence-electron chi connectivity index (χ1n) is 9.42. The minimum absolute atomic E-state index is 0.150. The molecule has 0 bridgehead atoms. The number of rotatable bonds is 6. The monoisotopic (exact) mass is 475 g/mol. The molecule has 0 radical (unpaired) electrons. The quantitative estimate of drug-likeness (QED) is 0.438. The zero-order chi connectivity index (χ0) is 23.6. The Hall–Kier alpha value is -3.93. The molecule has 0 fully saturated rings. The second-order valence-electron chi connectivity index (χ2n) is 6.82. The van der Waals surface area contributed by atoms with Gasteiger partial charge < -0.3 is 4.74 Å². The van der Waals surface area contributed by atoms with Crippen LogP contribution in [0.15, 0.2) is 78.2 Å². The number of alkyl halides is 3. The largest absolute Gasteiger partial charge is 0.439 e. The number of halogens is 3. The summed E-state index contributed by atoms with van der Waals surface area (Å²) in [5, 5.41) is 0. The number of imidazole rings is 1. The average molecular weight is 475 g/mol. The third kappa shape index (κ3) is 5.12. The molecule has 4 rings (SSSR count). The van der Waals surface area contributed by atoms with Gasteiger partial charge in [-0.15, -0.1) is 0 Å².